The second kappa shape index (κ2) is 9.80. The second-order valence-electron chi connectivity index (χ2n) is 5.48. The van der Waals surface area contributed by atoms with Gasteiger partial charge in [0.2, 0.25) is 0 Å². The predicted molar refractivity (Wildman–Crippen MR) is 92.5 cm³/mol. The lowest BCUT2D eigenvalue weighted by Crippen LogP contribution is -2.16. The van der Waals surface area contributed by atoms with E-state index in [1.807, 2.05) is 54.6 Å². The monoisotopic (exact) mass is 312 g/mol. The zero-order valence-electron chi connectivity index (χ0n) is 13.7. The molecule has 2 aromatic carbocycles. The first-order valence-electron chi connectivity index (χ1n) is 8.23. The third-order valence-electron chi connectivity index (χ3n) is 3.56. The molecule has 0 amide bonds. The Kier molecular flexibility index (Phi) is 7.34. The quantitative estimate of drug-likeness (QED) is 0.377. The van der Waals surface area contributed by atoms with Crippen LogP contribution in [-0.4, -0.2) is 19.2 Å². The molecule has 0 unspecified atom stereocenters. The third-order valence-corrected chi connectivity index (χ3v) is 3.56. The summed E-state index contributed by atoms with van der Waals surface area (Å²) in [5, 5.41) is 0. The molecule has 0 aliphatic heterocycles. The molecule has 0 radical (unpaired) electrons. The lowest BCUT2D eigenvalue weighted by molar-refractivity contribution is -0.139. The van der Waals surface area contributed by atoms with Crippen molar-refractivity contribution >= 4 is 5.97 Å². The summed E-state index contributed by atoms with van der Waals surface area (Å²) in [4.78, 5) is 11.7. The highest BCUT2D eigenvalue weighted by Crippen LogP contribution is 2.22. The van der Waals surface area contributed by atoms with Gasteiger partial charge in [-0.05, 0) is 29.7 Å². The first-order chi connectivity index (χ1) is 11.3. The molecule has 0 aliphatic carbocycles. The molecule has 0 aromatic heterocycles. The van der Waals surface area contributed by atoms with Gasteiger partial charge >= 0.3 is 5.97 Å². The van der Waals surface area contributed by atoms with E-state index < -0.39 is 0 Å². The number of unbranched alkanes of at least 4 members (excludes halogenated alkanes) is 3. The average Bonchev–Trinajstić information content (AvgIpc) is 2.59. The average molecular weight is 312 g/mol. The van der Waals surface area contributed by atoms with Crippen LogP contribution >= 0.6 is 0 Å². The summed E-state index contributed by atoms with van der Waals surface area (Å²) in [6.07, 6.45) is 4.54. The summed E-state index contributed by atoms with van der Waals surface area (Å²) in [5.74, 6) is 0.192. The van der Waals surface area contributed by atoms with Gasteiger partial charge in [-0.2, -0.15) is 0 Å². The summed E-state index contributed by atoms with van der Waals surface area (Å²) < 4.78 is 10.6. The summed E-state index contributed by atoms with van der Waals surface area (Å²) in [6, 6.07) is 17.6. The topological polar surface area (TPSA) is 35.5 Å². The number of carbonyl (C=O) groups is 1. The van der Waals surface area contributed by atoms with E-state index >= 15 is 0 Å². The highest BCUT2D eigenvalue weighted by atomic mass is 16.6. The molecule has 3 heteroatoms. The molecule has 0 fully saturated rings. The van der Waals surface area contributed by atoms with Crippen molar-refractivity contribution < 1.29 is 14.3 Å². The molecule has 0 heterocycles. The molecule has 0 saturated carbocycles. The van der Waals surface area contributed by atoms with Gasteiger partial charge in [0.05, 0.1) is 0 Å². The molecule has 0 bridgehead atoms. The molecule has 2 aromatic rings. The maximum atomic E-state index is 11.7. The molecule has 23 heavy (non-hydrogen) atoms. The highest BCUT2D eigenvalue weighted by molar-refractivity contribution is 5.74. The summed E-state index contributed by atoms with van der Waals surface area (Å²) in [7, 11) is 0. The van der Waals surface area contributed by atoms with Crippen LogP contribution in [-0.2, 0) is 9.53 Å². The van der Waals surface area contributed by atoms with E-state index in [0.717, 1.165) is 24.0 Å². The fourth-order valence-corrected chi connectivity index (χ4v) is 2.29. The van der Waals surface area contributed by atoms with Gasteiger partial charge < -0.3 is 9.47 Å². The zero-order chi connectivity index (χ0) is 16.3. The van der Waals surface area contributed by atoms with Crippen LogP contribution in [0.15, 0.2) is 54.6 Å². The molecule has 0 atom stereocenters. The smallest absolute Gasteiger partial charge is 0.337 e. The second-order valence-corrected chi connectivity index (χ2v) is 5.48. The van der Waals surface area contributed by atoms with E-state index in [2.05, 4.69) is 6.92 Å². The number of esters is 1. The minimum Gasteiger partial charge on any atom is -0.425 e. The Hall–Kier alpha value is -2.13. The first kappa shape index (κ1) is 17.2. The summed E-state index contributed by atoms with van der Waals surface area (Å²) in [6.45, 7) is 2.79. The van der Waals surface area contributed by atoms with Crippen molar-refractivity contribution in [2.75, 3.05) is 13.2 Å². The number of carbonyl (C=O) groups excluding carboxylic acids is 1. The Balaban J connectivity index is 1.74. The van der Waals surface area contributed by atoms with Crippen LogP contribution in [0.3, 0.4) is 0 Å². The van der Waals surface area contributed by atoms with Crippen LogP contribution in [0, 0.1) is 0 Å². The van der Waals surface area contributed by atoms with Crippen molar-refractivity contribution in [1.82, 2.24) is 0 Å². The molecule has 0 N–H and O–H groups in total. The Morgan fingerprint density at radius 3 is 2.26 bits per heavy atom. The minimum absolute atomic E-state index is 0.00651. The standard InChI is InChI=1S/C20H24O3/c1-2-3-4-8-15-22-16-20(21)23-19-13-11-18(12-14-19)17-9-6-5-7-10-17/h5-7,9-14H,2-4,8,15-16H2,1H3. The van der Waals surface area contributed by atoms with E-state index in [0.29, 0.717) is 12.4 Å². The van der Waals surface area contributed by atoms with Crippen molar-refractivity contribution in [3.05, 3.63) is 54.6 Å². The van der Waals surface area contributed by atoms with E-state index in [1.54, 1.807) is 0 Å². The minimum atomic E-state index is -0.354. The molecular formula is C20H24O3. The van der Waals surface area contributed by atoms with Crippen LogP contribution in [0.2, 0.25) is 0 Å². The first-order valence-corrected chi connectivity index (χ1v) is 8.23. The molecule has 3 nitrogen and oxygen atoms in total. The molecular weight excluding hydrogens is 288 g/mol. The number of benzene rings is 2. The Morgan fingerprint density at radius 1 is 0.870 bits per heavy atom. The normalized spacial score (nSPS) is 10.5. The molecule has 122 valence electrons. The fraction of sp³-hybridized carbons (Fsp3) is 0.350. The summed E-state index contributed by atoms with van der Waals surface area (Å²) in [5.41, 5.74) is 2.23. The van der Waals surface area contributed by atoms with Crippen LogP contribution in [0.4, 0.5) is 0 Å². The van der Waals surface area contributed by atoms with Crippen molar-refractivity contribution in [1.29, 1.82) is 0 Å². The Labute approximate surface area is 138 Å². The number of rotatable bonds is 9. The largest absolute Gasteiger partial charge is 0.425 e. The number of hydrogen-bond donors (Lipinski definition) is 0. The van der Waals surface area contributed by atoms with Gasteiger partial charge in [0.25, 0.3) is 0 Å². The number of hydrogen-bond acceptors (Lipinski definition) is 3. The van der Waals surface area contributed by atoms with Gasteiger partial charge in [-0.3, -0.25) is 0 Å². The van der Waals surface area contributed by atoms with Gasteiger partial charge in [0.1, 0.15) is 12.4 Å². The van der Waals surface area contributed by atoms with Crippen molar-refractivity contribution in [3.63, 3.8) is 0 Å². The van der Waals surface area contributed by atoms with E-state index in [1.165, 1.54) is 12.8 Å². The third kappa shape index (κ3) is 6.25. The van der Waals surface area contributed by atoms with Gasteiger partial charge in [0.15, 0.2) is 0 Å². The van der Waals surface area contributed by atoms with Crippen molar-refractivity contribution in [2.45, 2.75) is 32.6 Å². The molecule has 2 rings (SSSR count). The van der Waals surface area contributed by atoms with Crippen molar-refractivity contribution in [3.8, 4) is 16.9 Å². The van der Waals surface area contributed by atoms with Gasteiger partial charge in [-0.1, -0.05) is 68.7 Å². The van der Waals surface area contributed by atoms with Gasteiger partial charge in [-0.15, -0.1) is 0 Å². The molecule has 0 aliphatic rings. The molecule has 0 spiro atoms. The Morgan fingerprint density at radius 2 is 1.57 bits per heavy atom. The van der Waals surface area contributed by atoms with E-state index in [4.69, 9.17) is 9.47 Å². The SMILES string of the molecule is CCCCCCOCC(=O)Oc1ccc(-c2ccccc2)cc1. The lowest BCUT2D eigenvalue weighted by Gasteiger charge is -2.07. The zero-order valence-corrected chi connectivity index (χ0v) is 13.7. The number of ether oxygens (including phenoxy) is 2. The van der Waals surface area contributed by atoms with Crippen molar-refractivity contribution in [2.24, 2.45) is 0 Å². The predicted octanol–water partition coefficient (Wildman–Crippen LogP) is 4.86. The maximum Gasteiger partial charge on any atom is 0.337 e. The van der Waals surface area contributed by atoms with Crippen LogP contribution in [0.1, 0.15) is 32.6 Å². The highest BCUT2D eigenvalue weighted by Gasteiger charge is 2.05. The van der Waals surface area contributed by atoms with Crippen LogP contribution < -0.4 is 4.74 Å². The summed E-state index contributed by atoms with van der Waals surface area (Å²) >= 11 is 0. The van der Waals surface area contributed by atoms with E-state index in [-0.39, 0.29) is 12.6 Å². The lowest BCUT2D eigenvalue weighted by atomic mass is 10.1. The van der Waals surface area contributed by atoms with Crippen LogP contribution in [0.5, 0.6) is 5.75 Å². The van der Waals surface area contributed by atoms with Gasteiger partial charge in [-0.25, -0.2) is 4.79 Å². The Bertz CT molecular complexity index is 576. The van der Waals surface area contributed by atoms with E-state index in [9.17, 15) is 4.79 Å². The maximum absolute atomic E-state index is 11.7. The fourth-order valence-electron chi connectivity index (χ4n) is 2.29. The van der Waals surface area contributed by atoms with Gasteiger partial charge in [0, 0.05) is 6.61 Å². The molecule has 0 saturated heterocycles. The van der Waals surface area contributed by atoms with Crippen LogP contribution in [0.25, 0.3) is 11.1 Å².